The molecule has 1 aromatic carbocycles. The van der Waals surface area contributed by atoms with Gasteiger partial charge in [-0.1, -0.05) is 42.8 Å². The standard InChI is InChI=1S/C22H27N3O/c1-24-16-13-18(17-9-3-2-4-10-17)21-20(24)12-6-8-15-25(21)22(26)19-11-5-7-14-23-19/h2-5,7,9-11,14,18,20-21H,6,8,12-13,15-16H2,1H3/t18-,20-,21-/m1/s1. The number of nitrogens with zero attached hydrogens (tertiary/aromatic N) is 3. The van der Waals surface area contributed by atoms with Crippen LogP contribution in [0.2, 0.25) is 0 Å². The Morgan fingerprint density at radius 3 is 2.58 bits per heavy atom. The van der Waals surface area contributed by atoms with Crippen LogP contribution in [0.1, 0.15) is 47.7 Å². The van der Waals surface area contributed by atoms with Crippen molar-refractivity contribution >= 4 is 5.91 Å². The van der Waals surface area contributed by atoms with Gasteiger partial charge in [0.1, 0.15) is 5.69 Å². The maximum atomic E-state index is 13.3. The molecule has 0 spiro atoms. The Balaban J connectivity index is 1.73. The minimum absolute atomic E-state index is 0.0822. The maximum absolute atomic E-state index is 13.3. The second-order valence-electron chi connectivity index (χ2n) is 7.55. The number of aromatic nitrogens is 1. The van der Waals surface area contributed by atoms with Crippen LogP contribution in [0, 0.1) is 0 Å². The summed E-state index contributed by atoms with van der Waals surface area (Å²) in [6.07, 6.45) is 6.22. The van der Waals surface area contributed by atoms with Crippen LogP contribution in [0.3, 0.4) is 0 Å². The fourth-order valence-corrected chi connectivity index (χ4v) is 4.75. The number of fused-ring (bicyclic) bond motifs is 1. The lowest BCUT2D eigenvalue weighted by Crippen LogP contribution is -2.58. The molecule has 4 nitrogen and oxygen atoms in total. The Morgan fingerprint density at radius 2 is 1.81 bits per heavy atom. The second kappa shape index (κ2) is 7.58. The van der Waals surface area contributed by atoms with Crippen molar-refractivity contribution in [3.05, 3.63) is 66.0 Å². The van der Waals surface area contributed by atoms with Gasteiger partial charge in [0, 0.05) is 24.7 Å². The highest BCUT2D eigenvalue weighted by Crippen LogP contribution is 2.38. The number of likely N-dealkylation sites (N-methyl/N-ethyl adjacent to an activating group) is 1. The number of pyridine rings is 1. The van der Waals surface area contributed by atoms with Gasteiger partial charge in [-0.15, -0.1) is 0 Å². The van der Waals surface area contributed by atoms with Crippen LogP contribution >= 0.6 is 0 Å². The number of hydrogen-bond acceptors (Lipinski definition) is 3. The van der Waals surface area contributed by atoms with Crippen molar-refractivity contribution in [2.24, 2.45) is 0 Å². The lowest BCUT2D eigenvalue weighted by Gasteiger charge is -2.48. The molecule has 2 aliphatic heterocycles. The molecule has 2 aromatic rings. The molecule has 0 N–H and O–H groups in total. The van der Waals surface area contributed by atoms with Crippen LogP contribution in [-0.4, -0.2) is 52.9 Å². The highest BCUT2D eigenvalue weighted by atomic mass is 16.2. The molecule has 2 aliphatic rings. The summed E-state index contributed by atoms with van der Waals surface area (Å²) in [5, 5.41) is 0. The molecule has 136 valence electrons. The van der Waals surface area contributed by atoms with Crippen molar-refractivity contribution in [2.75, 3.05) is 20.1 Å². The number of benzene rings is 1. The molecular formula is C22H27N3O. The average molecular weight is 349 g/mol. The summed E-state index contributed by atoms with van der Waals surface area (Å²) in [5.74, 6) is 0.474. The molecule has 0 radical (unpaired) electrons. The molecule has 0 bridgehead atoms. The number of amides is 1. The summed E-state index contributed by atoms with van der Waals surface area (Å²) in [7, 11) is 2.22. The number of carbonyl (C=O) groups is 1. The molecule has 3 atom stereocenters. The van der Waals surface area contributed by atoms with Gasteiger partial charge in [-0.05, 0) is 50.6 Å². The summed E-state index contributed by atoms with van der Waals surface area (Å²) in [4.78, 5) is 22.3. The van der Waals surface area contributed by atoms with Crippen LogP contribution in [0.15, 0.2) is 54.7 Å². The third kappa shape index (κ3) is 3.26. The predicted molar refractivity (Wildman–Crippen MR) is 103 cm³/mol. The van der Waals surface area contributed by atoms with Crippen LogP contribution in [0.4, 0.5) is 0 Å². The lowest BCUT2D eigenvalue weighted by atomic mass is 9.79. The Morgan fingerprint density at radius 1 is 1.00 bits per heavy atom. The zero-order valence-electron chi connectivity index (χ0n) is 15.4. The van der Waals surface area contributed by atoms with Gasteiger partial charge in [-0.2, -0.15) is 0 Å². The summed E-state index contributed by atoms with van der Waals surface area (Å²) >= 11 is 0. The lowest BCUT2D eigenvalue weighted by molar-refractivity contribution is 0.0341. The summed E-state index contributed by atoms with van der Waals surface area (Å²) in [6, 6.07) is 17.0. The van der Waals surface area contributed by atoms with Crippen molar-refractivity contribution in [1.29, 1.82) is 0 Å². The fourth-order valence-electron chi connectivity index (χ4n) is 4.75. The maximum Gasteiger partial charge on any atom is 0.272 e. The van der Waals surface area contributed by atoms with Gasteiger partial charge in [-0.3, -0.25) is 9.78 Å². The van der Waals surface area contributed by atoms with E-state index >= 15 is 0 Å². The van der Waals surface area contributed by atoms with E-state index in [2.05, 4.69) is 52.2 Å². The second-order valence-corrected chi connectivity index (χ2v) is 7.55. The van der Waals surface area contributed by atoms with E-state index in [1.807, 2.05) is 18.2 Å². The SMILES string of the molecule is CN1CC[C@H](c2ccccc2)[C@@H]2[C@H]1CCCCN2C(=O)c1ccccn1. The fraction of sp³-hybridized carbons (Fsp3) is 0.455. The van der Waals surface area contributed by atoms with Crippen LogP contribution < -0.4 is 0 Å². The Hall–Kier alpha value is -2.20. The van der Waals surface area contributed by atoms with Crippen molar-refractivity contribution in [3.63, 3.8) is 0 Å². The molecule has 0 saturated carbocycles. The quantitative estimate of drug-likeness (QED) is 0.832. The number of hydrogen-bond donors (Lipinski definition) is 0. The number of likely N-dealkylation sites (tertiary alicyclic amines) is 2. The molecular weight excluding hydrogens is 322 g/mol. The normalized spacial score (nSPS) is 26.8. The van der Waals surface area contributed by atoms with Gasteiger partial charge < -0.3 is 9.80 Å². The van der Waals surface area contributed by atoms with Crippen LogP contribution in [0.25, 0.3) is 0 Å². The Kier molecular flexibility index (Phi) is 5.02. The smallest absolute Gasteiger partial charge is 0.272 e. The molecule has 0 aliphatic carbocycles. The van der Waals surface area contributed by atoms with E-state index in [1.54, 1.807) is 6.20 Å². The Bertz CT molecular complexity index is 734. The summed E-state index contributed by atoms with van der Waals surface area (Å²) in [5.41, 5.74) is 1.92. The number of carbonyl (C=O) groups excluding carboxylic acids is 1. The minimum Gasteiger partial charge on any atom is -0.332 e. The molecule has 1 aromatic heterocycles. The zero-order valence-corrected chi connectivity index (χ0v) is 15.4. The first-order valence-corrected chi connectivity index (χ1v) is 9.73. The van der Waals surface area contributed by atoms with E-state index < -0.39 is 0 Å². The molecule has 4 rings (SSSR count). The molecule has 3 heterocycles. The van der Waals surface area contributed by atoms with Crippen molar-refractivity contribution in [2.45, 2.75) is 43.7 Å². The summed E-state index contributed by atoms with van der Waals surface area (Å²) < 4.78 is 0. The van der Waals surface area contributed by atoms with Crippen molar-refractivity contribution in [1.82, 2.24) is 14.8 Å². The van der Waals surface area contributed by atoms with E-state index in [-0.39, 0.29) is 11.9 Å². The van der Waals surface area contributed by atoms with Gasteiger partial charge in [0.15, 0.2) is 0 Å². The van der Waals surface area contributed by atoms with E-state index in [0.717, 1.165) is 32.4 Å². The number of piperidine rings is 1. The van der Waals surface area contributed by atoms with Gasteiger partial charge in [0.2, 0.25) is 0 Å². The molecule has 26 heavy (non-hydrogen) atoms. The van der Waals surface area contributed by atoms with E-state index in [9.17, 15) is 4.79 Å². The van der Waals surface area contributed by atoms with Gasteiger partial charge >= 0.3 is 0 Å². The van der Waals surface area contributed by atoms with E-state index in [1.165, 1.54) is 12.0 Å². The van der Waals surface area contributed by atoms with E-state index in [0.29, 0.717) is 17.7 Å². The first-order valence-electron chi connectivity index (χ1n) is 9.73. The van der Waals surface area contributed by atoms with Gasteiger partial charge in [0.05, 0.1) is 6.04 Å². The Labute approximate surface area is 155 Å². The van der Waals surface area contributed by atoms with Gasteiger partial charge in [0.25, 0.3) is 5.91 Å². The monoisotopic (exact) mass is 349 g/mol. The molecule has 1 amide bonds. The van der Waals surface area contributed by atoms with Crippen LogP contribution in [-0.2, 0) is 0 Å². The molecule has 0 unspecified atom stereocenters. The zero-order chi connectivity index (χ0) is 17.9. The van der Waals surface area contributed by atoms with Gasteiger partial charge in [-0.25, -0.2) is 0 Å². The van der Waals surface area contributed by atoms with Crippen molar-refractivity contribution < 1.29 is 4.79 Å². The topological polar surface area (TPSA) is 36.4 Å². The minimum atomic E-state index is 0.0822. The average Bonchev–Trinajstić information content (AvgIpc) is 2.93. The molecule has 2 saturated heterocycles. The first kappa shape index (κ1) is 17.2. The van der Waals surface area contributed by atoms with Crippen LogP contribution in [0.5, 0.6) is 0 Å². The third-order valence-electron chi connectivity index (χ3n) is 6.05. The highest BCUT2D eigenvalue weighted by molar-refractivity contribution is 5.92. The first-order chi connectivity index (χ1) is 12.8. The highest BCUT2D eigenvalue weighted by Gasteiger charge is 2.43. The summed E-state index contributed by atoms with van der Waals surface area (Å²) in [6.45, 7) is 1.92. The predicted octanol–water partition coefficient (Wildman–Crippen LogP) is 3.56. The largest absolute Gasteiger partial charge is 0.332 e. The number of rotatable bonds is 2. The van der Waals surface area contributed by atoms with Crippen molar-refractivity contribution in [3.8, 4) is 0 Å². The molecule has 2 fully saturated rings. The molecule has 4 heteroatoms. The third-order valence-corrected chi connectivity index (χ3v) is 6.05. The van der Waals surface area contributed by atoms with E-state index in [4.69, 9.17) is 0 Å².